The van der Waals surface area contributed by atoms with E-state index in [-0.39, 0.29) is 6.54 Å². The molecule has 0 saturated heterocycles. The predicted molar refractivity (Wildman–Crippen MR) is 64.1 cm³/mol. The van der Waals surface area contributed by atoms with Gasteiger partial charge in [-0.2, -0.15) is 0 Å². The summed E-state index contributed by atoms with van der Waals surface area (Å²) in [6.07, 6.45) is 6.41. The third-order valence-electron chi connectivity index (χ3n) is 3.21. The summed E-state index contributed by atoms with van der Waals surface area (Å²) in [5.41, 5.74) is 1.05. The maximum atomic E-state index is 10.6. The zero-order valence-electron chi connectivity index (χ0n) is 9.96. The molecule has 5 heteroatoms. The Morgan fingerprint density at radius 2 is 2.18 bits per heavy atom. The molecular weight excluding hydrogens is 218 g/mol. The van der Waals surface area contributed by atoms with Crippen LogP contribution in [-0.4, -0.2) is 34.6 Å². The minimum atomic E-state index is -0.853. The van der Waals surface area contributed by atoms with Crippen LogP contribution in [0.15, 0.2) is 12.4 Å². The number of hydrogen-bond donors (Lipinski definition) is 1. The summed E-state index contributed by atoms with van der Waals surface area (Å²) < 4.78 is 0. The van der Waals surface area contributed by atoms with Gasteiger partial charge in [0.15, 0.2) is 0 Å². The molecule has 0 spiro atoms. The van der Waals surface area contributed by atoms with Crippen LogP contribution in [0.5, 0.6) is 0 Å². The van der Waals surface area contributed by atoms with Crippen LogP contribution in [0.4, 0.5) is 5.82 Å². The molecule has 1 saturated carbocycles. The number of anilines is 1. The number of aromatic nitrogens is 2. The number of carboxylic acids is 1. The number of rotatable bonds is 4. The SMILES string of the molecule is CN(CC(=O)O)c1cc(C2CCCC2)ncn1. The first-order valence-corrected chi connectivity index (χ1v) is 5.91. The average molecular weight is 235 g/mol. The van der Waals surface area contributed by atoms with Crippen LogP contribution < -0.4 is 4.90 Å². The third kappa shape index (κ3) is 2.93. The molecule has 0 aromatic carbocycles. The van der Waals surface area contributed by atoms with Gasteiger partial charge in [-0.05, 0) is 12.8 Å². The van der Waals surface area contributed by atoms with Gasteiger partial charge in [-0.25, -0.2) is 9.97 Å². The lowest BCUT2D eigenvalue weighted by molar-refractivity contribution is -0.135. The van der Waals surface area contributed by atoms with E-state index in [9.17, 15) is 4.79 Å². The molecule has 1 fully saturated rings. The lowest BCUT2D eigenvalue weighted by atomic mass is 10.0. The van der Waals surface area contributed by atoms with Gasteiger partial charge in [-0.15, -0.1) is 0 Å². The Bertz CT molecular complexity index is 402. The number of aliphatic carboxylic acids is 1. The number of likely N-dealkylation sites (N-methyl/N-ethyl adjacent to an activating group) is 1. The van der Waals surface area contributed by atoms with Crippen LogP contribution in [0.1, 0.15) is 37.3 Å². The Balaban J connectivity index is 2.12. The summed E-state index contributed by atoms with van der Waals surface area (Å²) in [4.78, 5) is 20.7. The molecule has 0 aliphatic heterocycles. The van der Waals surface area contributed by atoms with Crippen molar-refractivity contribution in [1.29, 1.82) is 0 Å². The Morgan fingerprint density at radius 1 is 1.47 bits per heavy atom. The van der Waals surface area contributed by atoms with E-state index in [4.69, 9.17) is 5.11 Å². The Morgan fingerprint density at radius 3 is 2.82 bits per heavy atom. The van der Waals surface area contributed by atoms with E-state index in [0.29, 0.717) is 11.7 Å². The van der Waals surface area contributed by atoms with Gasteiger partial charge >= 0.3 is 5.97 Å². The predicted octanol–water partition coefficient (Wildman–Crippen LogP) is 1.66. The fraction of sp³-hybridized carbons (Fsp3) is 0.583. The zero-order chi connectivity index (χ0) is 12.3. The van der Waals surface area contributed by atoms with Crippen molar-refractivity contribution in [3.05, 3.63) is 18.1 Å². The largest absolute Gasteiger partial charge is 0.480 e. The van der Waals surface area contributed by atoms with Crippen molar-refractivity contribution in [2.24, 2.45) is 0 Å². The maximum Gasteiger partial charge on any atom is 0.323 e. The highest BCUT2D eigenvalue weighted by Gasteiger charge is 2.19. The Labute approximate surface area is 100 Å². The highest BCUT2D eigenvalue weighted by atomic mass is 16.4. The second kappa shape index (κ2) is 5.12. The van der Waals surface area contributed by atoms with Gasteiger partial charge in [0.2, 0.25) is 0 Å². The van der Waals surface area contributed by atoms with Crippen molar-refractivity contribution in [2.75, 3.05) is 18.5 Å². The van der Waals surface area contributed by atoms with Gasteiger partial charge in [0.25, 0.3) is 0 Å². The number of carboxylic acid groups (broad SMARTS) is 1. The lowest BCUT2D eigenvalue weighted by Gasteiger charge is -2.17. The second-order valence-corrected chi connectivity index (χ2v) is 4.53. The lowest BCUT2D eigenvalue weighted by Crippen LogP contribution is -2.26. The van der Waals surface area contributed by atoms with E-state index in [1.165, 1.54) is 32.0 Å². The molecule has 1 aromatic heterocycles. The van der Waals surface area contributed by atoms with Gasteiger partial charge in [-0.3, -0.25) is 4.79 Å². The van der Waals surface area contributed by atoms with Crippen LogP contribution in [-0.2, 0) is 4.79 Å². The van der Waals surface area contributed by atoms with E-state index in [0.717, 1.165) is 5.69 Å². The Hall–Kier alpha value is -1.65. The fourth-order valence-corrected chi connectivity index (χ4v) is 2.30. The summed E-state index contributed by atoms with van der Waals surface area (Å²) in [5, 5.41) is 8.74. The minimum absolute atomic E-state index is 0.0406. The van der Waals surface area contributed by atoms with Crippen LogP contribution in [0.25, 0.3) is 0 Å². The molecule has 1 aliphatic rings. The molecule has 0 atom stereocenters. The van der Waals surface area contributed by atoms with E-state index >= 15 is 0 Å². The van der Waals surface area contributed by atoms with Crippen LogP contribution in [0, 0.1) is 0 Å². The molecule has 1 N–H and O–H groups in total. The first-order valence-electron chi connectivity index (χ1n) is 5.91. The molecule has 0 amide bonds. The van der Waals surface area contributed by atoms with E-state index < -0.39 is 5.97 Å². The van der Waals surface area contributed by atoms with Gasteiger partial charge in [0, 0.05) is 24.7 Å². The third-order valence-corrected chi connectivity index (χ3v) is 3.21. The molecule has 0 radical (unpaired) electrons. The van der Waals surface area contributed by atoms with Crippen molar-refractivity contribution in [3.8, 4) is 0 Å². The maximum absolute atomic E-state index is 10.6. The quantitative estimate of drug-likeness (QED) is 0.859. The van der Waals surface area contributed by atoms with E-state index in [1.54, 1.807) is 11.9 Å². The van der Waals surface area contributed by atoms with Crippen molar-refractivity contribution in [1.82, 2.24) is 9.97 Å². The molecule has 0 bridgehead atoms. The molecule has 1 aliphatic carbocycles. The highest BCUT2D eigenvalue weighted by Crippen LogP contribution is 2.33. The molecular formula is C12H17N3O2. The van der Waals surface area contributed by atoms with Gasteiger partial charge in [0.1, 0.15) is 18.7 Å². The molecule has 92 valence electrons. The van der Waals surface area contributed by atoms with E-state index in [2.05, 4.69) is 9.97 Å². The molecule has 0 unspecified atom stereocenters. The minimum Gasteiger partial charge on any atom is -0.480 e. The first kappa shape index (κ1) is 11.8. The molecule has 17 heavy (non-hydrogen) atoms. The molecule has 2 rings (SSSR count). The van der Waals surface area contributed by atoms with Crippen molar-refractivity contribution >= 4 is 11.8 Å². The van der Waals surface area contributed by atoms with Crippen molar-refractivity contribution in [2.45, 2.75) is 31.6 Å². The van der Waals surface area contributed by atoms with Crippen LogP contribution >= 0.6 is 0 Å². The summed E-state index contributed by atoms with van der Waals surface area (Å²) in [6, 6.07) is 1.92. The number of carbonyl (C=O) groups is 1. The van der Waals surface area contributed by atoms with Gasteiger partial charge in [0.05, 0.1) is 0 Å². The molecule has 1 heterocycles. The zero-order valence-corrected chi connectivity index (χ0v) is 9.96. The van der Waals surface area contributed by atoms with E-state index in [1.807, 2.05) is 6.07 Å². The highest BCUT2D eigenvalue weighted by molar-refractivity contribution is 5.72. The summed E-state index contributed by atoms with van der Waals surface area (Å²) >= 11 is 0. The second-order valence-electron chi connectivity index (χ2n) is 4.53. The summed E-state index contributed by atoms with van der Waals surface area (Å²) in [7, 11) is 1.73. The number of nitrogens with zero attached hydrogens (tertiary/aromatic N) is 3. The number of hydrogen-bond acceptors (Lipinski definition) is 4. The van der Waals surface area contributed by atoms with Crippen molar-refractivity contribution in [3.63, 3.8) is 0 Å². The van der Waals surface area contributed by atoms with Crippen LogP contribution in [0.2, 0.25) is 0 Å². The summed E-state index contributed by atoms with van der Waals surface area (Å²) in [5.74, 6) is 0.354. The first-order chi connectivity index (χ1) is 8.16. The topological polar surface area (TPSA) is 66.3 Å². The normalized spacial score (nSPS) is 16.1. The van der Waals surface area contributed by atoms with Crippen LogP contribution in [0.3, 0.4) is 0 Å². The standard InChI is InChI=1S/C12H17N3O2/c1-15(7-12(16)17)11-6-10(13-8-14-11)9-4-2-3-5-9/h6,8-9H,2-5,7H2,1H3,(H,16,17). The van der Waals surface area contributed by atoms with Gasteiger partial charge in [-0.1, -0.05) is 12.8 Å². The fourth-order valence-electron chi connectivity index (χ4n) is 2.30. The smallest absolute Gasteiger partial charge is 0.323 e. The Kier molecular flexibility index (Phi) is 3.56. The van der Waals surface area contributed by atoms with Gasteiger partial charge < -0.3 is 10.0 Å². The molecule has 5 nitrogen and oxygen atoms in total. The molecule has 1 aromatic rings. The van der Waals surface area contributed by atoms with Crippen molar-refractivity contribution < 1.29 is 9.90 Å². The monoisotopic (exact) mass is 235 g/mol. The summed E-state index contributed by atoms with van der Waals surface area (Å²) in [6.45, 7) is -0.0406. The average Bonchev–Trinajstić information content (AvgIpc) is 2.82.